The Hall–Kier alpha value is -0.710. The quantitative estimate of drug-likeness (QED) is 0.913. The number of rotatable bonds is 4. The van der Waals surface area contributed by atoms with E-state index in [4.69, 9.17) is 0 Å². The van der Waals surface area contributed by atoms with Crippen LogP contribution in [0.3, 0.4) is 0 Å². The number of benzene rings is 1. The van der Waals surface area contributed by atoms with E-state index in [1.54, 1.807) is 11.3 Å². The molecule has 0 bridgehead atoms. The molecular weight excluding hydrogens is 296 g/mol. The van der Waals surface area contributed by atoms with Gasteiger partial charge in [0, 0.05) is 27.2 Å². The van der Waals surface area contributed by atoms with Gasteiger partial charge in [0.1, 0.15) is 5.01 Å². The highest BCUT2D eigenvalue weighted by Gasteiger charge is 2.11. The highest BCUT2D eigenvalue weighted by molar-refractivity contribution is 9.10. The molecule has 1 heterocycles. The maximum atomic E-state index is 4.50. The van der Waals surface area contributed by atoms with Crippen molar-refractivity contribution < 1.29 is 0 Å². The Kier molecular flexibility index (Phi) is 4.31. The van der Waals surface area contributed by atoms with Gasteiger partial charge in [-0.15, -0.1) is 11.3 Å². The first-order chi connectivity index (χ1) is 8.22. The number of thiazole rings is 1. The monoisotopic (exact) mass is 310 g/mol. The SMILES string of the molecule is CCNC(C)c1cnc(-c2ccccc2Br)s1. The van der Waals surface area contributed by atoms with Crippen molar-refractivity contribution in [2.45, 2.75) is 19.9 Å². The van der Waals surface area contributed by atoms with Crippen molar-refractivity contribution in [1.29, 1.82) is 0 Å². The predicted octanol–water partition coefficient (Wildman–Crippen LogP) is 4.24. The van der Waals surface area contributed by atoms with Gasteiger partial charge in [0.05, 0.1) is 0 Å². The first kappa shape index (κ1) is 12.7. The minimum absolute atomic E-state index is 0.369. The molecule has 0 spiro atoms. The van der Waals surface area contributed by atoms with Gasteiger partial charge in [-0.3, -0.25) is 0 Å². The summed E-state index contributed by atoms with van der Waals surface area (Å²) in [5.41, 5.74) is 1.16. The summed E-state index contributed by atoms with van der Waals surface area (Å²) in [7, 11) is 0. The van der Waals surface area contributed by atoms with Crippen LogP contribution in [0.25, 0.3) is 10.6 Å². The second-order valence-corrected chi connectivity index (χ2v) is 5.74. The summed E-state index contributed by atoms with van der Waals surface area (Å²) in [6, 6.07) is 8.56. The van der Waals surface area contributed by atoms with Crippen LogP contribution in [0.1, 0.15) is 24.8 Å². The van der Waals surface area contributed by atoms with Gasteiger partial charge in [0.15, 0.2) is 0 Å². The lowest BCUT2D eigenvalue weighted by Gasteiger charge is -2.08. The molecule has 4 heteroatoms. The molecule has 1 unspecified atom stereocenters. The fourth-order valence-corrected chi connectivity index (χ4v) is 3.24. The van der Waals surface area contributed by atoms with E-state index >= 15 is 0 Å². The van der Waals surface area contributed by atoms with Crippen LogP contribution in [-0.2, 0) is 0 Å². The Labute approximate surface area is 114 Å². The molecule has 0 fully saturated rings. The van der Waals surface area contributed by atoms with Crippen LogP contribution in [0, 0.1) is 0 Å². The first-order valence-corrected chi connectivity index (χ1v) is 7.27. The molecular formula is C13H15BrN2S. The lowest BCUT2D eigenvalue weighted by atomic mass is 10.2. The molecule has 1 aromatic carbocycles. The summed E-state index contributed by atoms with van der Waals surface area (Å²) in [5.74, 6) is 0. The lowest BCUT2D eigenvalue weighted by molar-refractivity contribution is 0.606. The Morgan fingerprint density at radius 2 is 2.18 bits per heavy atom. The standard InChI is InChI=1S/C13H15BrN2S/c1-3-15-9(2)12-8-16-13(17-12)10-6-4-5-7-11(10)14/h4-9,15H,3H2,1-2H3. The zero-order valence-electron chi connectivity index (χ0n) is 9.90. The van der Waals surface area contributed by atoms with Crippen molar-refractivity contribution >= 4 is 27.3 Å². The van der Waals surface area contributed by atoms with Crippen LogP contribution in [0.4, 0.5) is 0 Å². The van der Waals surface area contributed by atoms with E-state index in [-0.39, 0.29) is 0 Å². The number of halogens is 1. The molecule has 2 aromatic rings. The predicted molar refractivity (Wildman–Crippen MR) is 77.3 cm³/mol. The molecule has 0 amide bonds. The lowest BCUT2D eigenvalue weighted by Crippen LogP contribution is -2.16. The highest BCUT2D eigenvalue weighted by atomic mass is 79.9. The summed E-state index contributed by atoms with van der Waals surface area (Å²) in [4.78, 5) is 5.77. The minimum Gasteiger partial charge on any atom is -0.310 e. The third-order valence-corrected chi connectivity index (χ3v) is 4.47. The Bertz CT molecular complexity index is 496. The van der Waals surface area contributed by atoms with Crippen LogP contribution in [0.15, 0.2) is 34.9 Å². The zero-order valence-corrected chi connectivity index (χ0v) is 12.3. The molecule has 90 valence electrons. The van der Waals surface area contributed by atoms with E-state index < -0.39 is 0 Å². The van der Waals surface area contributed by atoms with Crippen LogP contribution in [0.5, 0.6) is 0 Å². The van der Waals surface area contributed by atoms with E-state index in [0.29, 0.717) is 6.04 Å². The Balaban J connectivity index is 2.27. The molecule has 0 aliphatic heterocycles. The topological polar surface area (TPSA) is 24.9 Å². The summed E-state index contributed by atoms with van der Waals surface area (Å²) in [6.07, 6.45) is 1.97. The minimum atomic E-state index is 0.369. The van der Waals surface area contributed by atoms with E-state index in [2.05, 4.69) is 46.1 Å². The summed E-state index contributed by atoms with van der Waals surface area (Å²) < 4.78 is 1.09. The van der Waals surface area contributed by atoms with Gasteiger partial charge in [-0.1, -0.05) is 41.1 Å². The normalized spacial score (nSPS) is 12.6. The van der Waals surface area contributed by atoms with Gasteiger partial charge in [0.2, 0.25) is 0 Å². The third kappa shape index (κ3) is 2.94. The number of nitrogens with one attached hydrogen (secondary N) is 1. The molecule has 2 nitrogen and oxygen atoms in total. The number of nitrogens with zero attached hydrogens (tertiary/aromatic N) is 1. The second-order valence-electron chi connectivity index (χ2n) is 3.83. The van der Waals surface area contributed by atoms with Gasteiger partial charge >= 0.3 is 0 Å². The van der Waals surface area contributed by atoms with Gasteiger partial charge in [-0.25, -0.2) is 4.98 Å². The summed E-state index contributed by atoms with van der Waals surface area (Å²) in [6.45, 7) is 5.26. The fraction of sp³-hybridized carbons (Fsp3) is 0.308. The average molecular weight is 311 g/mol. The molecule has 0 saturated carbocycles. The van der Waals surface area contributed by atoms with E-state index in [9.17, 15) is 0 Å². The van der Waals surface area contributed by atoms with Crippen molar-refractivity contribution in [3.8, 4) is 10.6 Å². The molecule has 0 aliphatic rings. The van der Waals surface area contributed by atoms with E-state index in [0.717, 1.165) is 21.6 Å². The van der Waals surface area contributed by atoms with Crippen LogP contribution >= 0.6 is 27.3 Å². The maximum Gasteiger partial charge on any atom is 0.124 e. The van der Waals surface area contributed by atoms with Gasteiger partial charge in [-0.2, -0.15) is 0 Å². The van der Waals surface area contributed by atoms with E-state index in [1.165, 1.54) is 4.88 Å². The van der Waals surface area contributed by atoms with Gasteiger partial charge < -0.3 is 5.32 Å². The number of hydrogen-bond acceptors (Lipinski definition) is 3. The molecule has 1 aromatic heterocycles. The molecule has 17 heavy (non-hydrogen) atoms. The number of hydrogen-bond donors (Lipinski definition) is 1. The highest BCUT2D eigenvalue weighted by Crippen LogP contribution is 2.33. The fourth-order valence-electron chi connectivity index (χ4n) is 1.65. The van der Waals surface area contributed by atoms with Crippen LogP contribution < -0.4 is 5.32 Å². The van der Waals surface area contributed by atoms with Crippen LogP contribution in [-0.4, -0.2) is 11.5 Å². The van der Waals surface area contributed by atoms with Crippen LogP contribution in [0.2, 0.25) is 0 Å². The zero-order chi connectivity index (χ0) is 12.3. The Morgan fingerprint density at radius 3 is 2.88 bits per heavy atom. The van der Waals surface area contributed by atoms with Crippen molar-refractivity contribution in [3.63, 3.8) is 0 Å². The molecule has 1 N–H and O–H groups in total. The summed E-state index contributed by atoms with van der Waals surface area (Å²) in [5, 5.41) is 4.47. The summed E-state index contributed by atoms with van der Waals surface area (Å²) >= 11 is 5.31. The maximum absolute atomic E-state index is 4.50. The third-order valence-electron chi connectivity index (χ3n) is 2.56. The van der Waals surface area contributed by atoms with E-state index in [1.807, 2.05) is 24.4 Å². The molecule has 0 radical (unpaired) electrons. The van der Waals surface area contributed by atoms with Crippen molar-refractivity contribution in [2.24, 2.45) is 0 Å². The Morgan fingerprint density at radius 1 is 1.41 bits per heavy atom. The molecule has 0 saturated heterocycles. The largest absolute Gasteiger partial charge is 0.310 e. The van der Waals surface area contributed by atoms with Crippen molar-refractivity contribution in [1.82, 2.24) is 10.3 Å². The van der Waals surface area contributed by atoms with Crippen molar-refractivity contribution in [2.75, 3.05) is 6.54 Å². The average Bonchev–Trinajstić information content (AvgIpc) is 2.79. The van der Waals surface area contributed by atoms with Gasteiger partial charge in [0.25, 0.3) is 0 Å². The molecule has 0 aliphatic carbocycles. The number of aromatic nitrogens is 1. The first-order valence-electron chi connectivity index (χ1n) is 5.66. The smallest absolute Gasteiger partial charge is 0.124 e. The molecule has 1 atom stereocenters. The van der Waals surface area contributed by atoms with Gasteiger partial charge in [-0.05, 0) is 19.5 Å². The van der Waals surface area contributed by atoms with Crippen molar-refractivity contribution in [3.05, 3.63) is 39.8 Å². The molecule has 2 rings (SSSR count). The second kappa shape index (κ2) is 5.76.